The zero-order valence-corrected chi connectivity index (χ0v) is 15.3. The van der Waals surface area contributed by atoms with Crippen LogP contribution in [0.4, 0.5) is 11.5 Å². The summed E-state index contributed by atoms with van der Waals surface area (Å²) >= 11 is 3.51. The summed E-state index contributed by atoms with van der Waals surface area (Å²) in [6.07, 6.45) is 11.2. The van der Waals surface area contributed by atoms with Crippen LogP contribution in [-0.2, 0) is 12.8 Å². The van der Waals surface area contributed by atoms with Crippen LogP contribution in [0.1, 0.15) is 16.9 Å². The number of fused-ring (bicyclic) bond motifs is 4. The molecule has 1 aliphatic rings. The third kappa shape index (κ3) is 2.49. The highest BCUT2D eigenvalue weighted by Gasteiger charge is 2.20. The van der Waals surface area contributed by atoms with Crippen LogP contribution in [0, 0.1) is 6.42 Å². The average Bonchev–Trinajstić information content (AvgIpc) is 3.24. The minimum atomic E-state index is 0.905. The predicted molar refractivity (Wildman–Crippen MR) is 105 cm³/mol. The number of thioether (sulfide) groups is 1. The molecule has 0 atom stereocenters. The summed E-state index contributed by atoms with van der Waals surface area (Å²) in [6, 6.07) is 4.26. The molecule has 0 amide bonds. The molecule has 0 fully saturated rings. The average molecular weight is 366 g/mol. The van der Waals surface area contributed by atoms with E-state index in [9.17, 15) is 0 Å². The van der Waals surface area contributed by atoms with Crippen molar-refractivity contribution in [2.45, 2.75) is 24.2 Å². The molecule has 7 heteroatoms. The van der Waals surface area contributed by atoms with Crippen LogP contribution >= 0.6 is 23.1 Å². The number of hydrogen-bond acceptors (Lipinski definition) is 6. The minimum absolute atomic E-state index is 0.905. The van der Waals surface area contributed by atoms with Gasteiger partial charge in [0.1, 0.15) is 17.0 Å². The molecule has 5 rings (SSSR count). The highest BCUT2D eigenvalue weighted by Crippen LogP contribution is 2.40. The zero-order valence-electron chi connectivity index (χ0n) is 13.7. The summed E-state index contributed by atoms with van der Waals surface area (Å²) < 4.78 is 0. The standard InChI is InChI=1S/C18H16N5S2/c1-24-15-7-12-10(8-21-23-12)6-13(15)22-17-16-11-4-2-3-5-14(11)25-18(16)20-9-19-17/h3,6-9H,2,4-5H2,1H3,(H,21,23)(H,19,20,22). The van der Waals surface area contributed by atoms with Crippen LogP contribution < -0.4 is 5.32 Å². The molecule has 2 N–H and O–H groups in total. The van der Waals surface area contributed by atoms with E-state index in [1.807, 2.05) is 6.20 Å². The highest BCUT2D eigenvalue weighted by atomic mass is 32.2. The Labute approximate surface area is 153 Å². The molecule has 5 nitrogen and oxygen atoms in total. The van der Waals surface area contributed by atoms with E-state index in [1.165, 1.54) is 20.7 Å². The summed E-state index contributed by atoms with van der Waals surface area (Å²) in [5.41, 5.74) is 3.52. The van der Waals surface area contributed by atoms with Crippen molar-refractivity contribution in [3.63, 3.8) is 0 Å². The van der Waals surface area contributed by atoms with Gasteiger partial charge in [-0.3, -0.25) is 5.10 Å². The van der Waals surface area contributed by atoms with Crippen molar-refractivity contribution in [3.05, 3.63) is 41.5 Å². The number of nitrogens with one attached hydrogen (secondary N) is 2. The van der Waals surface area contributed by atoms with Crippen LogP contribution in [0.2, 0.25) is 0 Å². The normalized spacial score (nSPS) is 14.1. The lowest BCUT2D eigenvalue weighted by molar-refractivity contribution is 0.851. The fraction of sp³-hybridized carbons (Fsp3) is 0.222. The zero-order chi connectivity index (χ0) is 16.8. The number of benzene rings is 1. The number of aromatic amines is 1. The first-order valence-electron chi connectivity index (χ1n) is 8.18. The van der Waals surface area contributed by atoms with E-state index in [4.69, 9.17) is 0 Å². The second-order valence-electron chi connectivity index (χ2n) is 6.07. The lowest BCUT2D eigenvalue weighted by atomic mass is 9.97. The number of aromatic nitrogens is 4. The smallest absolute Gasteiger partial charge is 0.142 e. The Morgan fingerprint density at radius 3 is 3.16 bits per heavy atom. The molecule has 0 saturated heterocycles. The summed E-state index contributed by atoms with van der Waals surface area (Å²) in [5, 5.41) is 13.0. The van der Waals surface area contributed by atoms with Gasteiger partial charge in [0.2, 0.25) is 0 Å². The predicted octanol–water partition coefficient (Wildman–Crippen LogP) is 4.73. The van der Waals surface area contributed by atoms with Crippen molar-refractivity contribution in [1.82, 2.24) is 20.2 Å². The fourth-order valence-electron chi connectivity index (χ4n) is 3.41. The molecule has 3 aromatic heterocycles. The second-order valence-corrected chi connectivity index (χ2v) is 8.00. The molecular formula is C18H16N5S2. The Morgan fingerprint density at radius 1 is 1.28 bits per heavy atom. The lowest BCUT2D eigenvalue weighted by Crippen LogP contribution is -2.02. The summed E-state index contributed by atoms with van der Waals surface area (Å²) in [4.78, 5) is 12.7. The maximum atomic E-state index is 4.57. The molecule has 1 aromatic carbocycles. The van der Waals surface area contributed by atoms with E-state index in [0.717, 1.165) is 46.5 Å². The van der Waals surface area contributed by atoms with Gasteiger partial charge in [-0.1, -0.05) is 0 Å². The van der Waals surface area contributed by atoms with Crippen molar-refractivity contribution < 1.29 is 0 Å². The summed E-state index contributed by atoms with van der Waals surface area (Å²) in [6.45, 7) is 0. The van der Waals surface area contributed by atoms with Crippen LogP contribution in [0.5, 0.6) is 0 Å². The number of rotatable bonds is 3. The quantitative estimate of drug-likeness (QED) is 0.513. The Hall–Kier alpha value is -2.12. The summed E-state index contributed by atoms with van der Waals surface area (Å²) in [7, 11) is 0. The number of H-pyrrole nitrogens is 1. The van der Waals surface area contributed by atoms with Crippen molar-refractivity contribution >= 4 is 55.7 Å². The topological polar surface area (TPSA) is 66.5 Å². The van der Waals surface area contributed by atoms with Crippen LogP contribution in [0.3, 0.4) is 0 Å². The molecule has 4 aromatic rings. The van der Waals surface area contributed by atoms with Crippen molar-refractivity contribution in [3.8, 4) is 0 Å². The Balaban J connectivity index is 1.66. The van der Waals surface area contributed by atoms with E-state index in [1.54, 1.807) is 29.4 Å². The number of hydrogen-bond donors (Lipinski definition) is 2. The van der Waals surface area contributed by atoms with Gasteiger partial charge in [0.05, 0.1) is 22.8 Å². The largest absolute Gasteiger partial charge is 0.339 e. The van der Waals surface area contributed by atoms with Gasteiger partial charge in [-0.2, -0.15) is 5.10 Å². The molecule has 25 heavy (non-hydrogen) atoms. The molecule has 0 unspecified atom stereocenters. The number of aryl methyl sites for hydroxylation is 1. The second kappa shape index (κ2) is 6.00. The molecule has 0 spiro atoms. The molecule has 0 aliphatic heterocycles. The van der Waals surface area contributed by atoms with Crippen molar-refractivity contribution in [1.29, 1.82) is 0 Å². The van der Waals surface area contributed by atoms with Gasteiger partial charge in [0, 0.05) is 15.2 Å². The van der Waals surface area contributed by atoms with Gasteiger partial charge < -0.3 is 5.32 Å². The maximum Gasteiger partial charge on any atom is 0.142 e. The molecule has 1 radical (unpaired) electrons. The van der Waals surface area contributed by atoms with E-state index >= 15 is 0 Å². The van der Waals surface area contributed by atoms with Gasteiger partial charge in [-0.25, -0.2) is 9.97 Å². The van der Waals surface area contributed by atoms with Crippen molar-refractivity contribution in [2.24, 2.45) is 0 Å². The molecule has 0 saturated carbocycles. The monoisotopic (exact) mass is 366 g/mol. The van der Waals surface area contributed by atoms with E-state index in [0.29, 0.717) is 0 Å². The molecular weight excluding hydrogens is 350 g/mol. The minimum Gasteiger partial charge on any atom is -0.339 e. The van der Waals surface area contributed by atoms with E-state index < -0.39 is 0 Å². The highest BCUT2D eigenvalue weighted by molar-refractivity contribution is 7.98. The van der Waals surface area contributed by atoms with Crippen LogP contribution in [-0.4, -0.2) is 26.4 Å². The molecule has 0 bridgehead atoms. The Morgan fingerprint density at radius 2 is 2.24 bits per heavy atom. The van der Waals surface area contributed by atoms with E-state index in [2.05, 4.69) is 50.3 Å². The van der Waals surface area contributed by atoms with Crippen LogP contribution in [0.15, 0.2) is 29.6 Å². The van der Waals surface area contributed by atoms with Gasteiger partial charge >= 0.3 is 0 Å². The number of nitrogens with zero attached hydrogens (tertiary/aromatic N) is 3. The first-order chi connectivity index (χ1) is 12.3. The van der Waals surface area contributed by atoms with Gasteiger partial charge in [0.25, 0.3) is 0 Å². The Kier molecular flexibility index (Phi) is 3.64. The molecule has 3 heterocycles. The first kappa shape index (κ1) is 15.2. The van der Waals surface area contributed by atoms with Crippen molar-refractivity contribution in [2.75, 3.05) is 11.6 Å². The molecule has 125 valence electrons. The lowest BCUT2D eigenvalue weighted by Gasteiger charge is -2.14. The third-order valence-corrected chi connectivity index (χ3v) is 6.55. The van der Waals surface area contributed by atoms with Gasteiger partial charge in [-0.15, -0.1) is 23.1 Å². The first-order valence-corrected chi connectivity index (χ1v) is 10.2. The number of thiophene rings is 1. The SMILES string of the molecule is CSc1cc2[nH]ncc2cc1Nc1ncnc2sc3c(c12)CC[CH]C3. The van der Waals surface area contributed by atoms with Gasteiger partial charge in [-0.05, 0) is 49.6 Å². The molecule has 1 aliphatic carbocycles. The maximum absolute atomic E-state index is 4.57. The summed E-state index contributed by atoms with van der Waals surface area (Å²) in [5.74, 6) is 0.905. The fourth-order valence-corrected chi connectivity index (χ4v) is 5.16. The third-order valence-electron chi connectivity index (χ3n) is 4.61. The van der Waals surface area contributed by atoms with Gasteiger partial charge in [0.15, 0.2) is 0 Å². The number of anilines is 2. The Bertz CT molecular complexity index is 1080. The van der Waals surface area contributed by atoms with Crippen LogP contribution in [0.25, 0.3) is 21.1 Å². The van der Waals surface area contributed by atoms with E-state index in [-0.39, 0.29) is 0 Å².